The lowest BCUT2D eigenvalue weighted by atomic mass is 10.2. The van der Waals surface area contributed by atoms with Gasteiger partial charge in [0.15, 0.2) is 0 Å². The van der Waals surface area contributed by atoms with Crippen LogP contribution in [0.25, 0.3) is 0 Å². The summed E-state index contributed by atoms with van der Waals surface area (Å²) in [5, 5.41) is 0. The smallest absolute Gasteiger partial charge is 0.417 e. The predicted molar refractivity (Wildman–Crippen MR) is 31.4 cm³/mol. The van der Waals surface area contributed by atoms with Crippen molar-refractivity contribution in [3.63, 3.8) is 0 Å². The van der Waals surface area contributed by atoms with Crippen LogP contribution in [0, 0.1) is 0 Å². The molecule has 0 N–H and O–H groups in total. The molecule has 3 heteroatoms. The van der Waals surface area contributed by atoms with Crippen LogP contribution in [0.5, 0.6) is 0 Å². The maximum atomic E-state index is 12.2. The van der Waals surface area contributed by atoms with Gasteiger partial charge in [-0.1, -0.05) is 6.92 Å². The molecule has 0 amide bonds. The van der Waals surface area contributed by atoms with Gasteiger partial charge in [-0.05, 0) is 6.42 Å². The van der Waals surface area contributed by atoms with E-state index < -0.39 is 6.17 Å². The normalized spacial score (nSPS) is 12.7. The average Bonchev–Trinajstić information content (AvgIpc) is 1.89. The van der Waals surface area contributed by atoms with Crippen molar-refractivity contribution in [3.05, 3.63) is 0 Å². The van der Waals surface area contributed by atoms with Crippen LogP contribution in [-0.4, -0.2) is 19.3 Å². The van der Waals surface area contributed by atoms with E-state index in [0.29, 0.717) is 6.42 Å². The van der Waals surface area contributed by atoms with Crippen LogP contribution in [0.15, 0.2) is 0 Å². The zero-order valence-electron chi connectivity index (χ0n) is 5.39. The van der Waals surface area contributed by atoms with Gasteiger partial charge in [-0.3, -0.25) is 0 Å². The molecule has 0 saturated heterocycles. The second-order valence-corrected chi connectivity index (χ2v) is 1.73. The molecular weight excluding hydrogens is 123 g/mol. The molecule has 0 aromatic rings. The molecule has 1 radical (unpaired) electrons. The van der Waals surface area contributed by atoms with Gasteiger partial charge < -0.3 is 4.74 Å². The quantitative estimate of drug-likeness (QED) is 0.527. The van der Waals surface area contributed by atoms with Gasteiger partial charge in [-0.25, -0.2) is 9.18 Å². The number of hydrogen-bond acceptors (Lipinski definition) is 2. The van der Waals surface area contributed by atoms with Crippen molar-refractivity contribution >= 4 is 6.47 Å². The fraction of sp³-hybridized carbons (Fsp3) is 0.833. The van der Waals surface area contributed by atoms with Crippen LogP contribution in [0.1, 0.15) is 19.8 Å². The van der Waals surface area contributed by atoms with Crippen LogP contribution < -0.4 is 0 Å². The van der Waals surface area contributed by atoms with E-state index >= 15 is 0 Å². The molecule has 0 fully saturated rings. The lowest BCUT2D eigenvalue weighted by Crippen LogP contribution is -2.02. The number of alkyl halides is 1. The molecule has 0 heterocycles. The first kappa shape index (κ1) is 8.40. The summed E-state index contributed by atoms with van der Waals surface area (Å²) in [4.78, 5) is 9.41. The topological polar surface area (TPSA) is 26.3 Å². The van der Waals surface area contributed by atoms with Gasteiger partial charge >= 0.3 is 6.47 Å². The zero-order chi connectivity index (χ0) is 7.11. The standard InChI is InChI=1S/C6H10FO2/c1-2-6(7)3-4-9-5-8/h6H,2-4H2,1H3. The second kappa shape index (κ2) is 5.54. The Kier molecular flexibility index (Phi) is 5.17. The van der Waals surface area contributed by atoms with E-state index in [9.17, 15) is 9.18 Å². The predicted octanol–water partition coefficient (Wildman–Crippen LogP) is 1.21. The minimum atomic E-state index is -0.849. The first-order valence-electron chi connectivity index (χ1n) is 2.94. The lowest BCUT2D eigenvalue weighted by molar-refractivity contribution is 0.214. The van der Waals surface area contributed by atoms with Crippen LogP contribution in [0.4, 0.5) is 4.39 Å². The van der Waals surface area contributed by atoms with Gasteiger partial charge in [0.2, 0.25) is 0 Å². The number of hydrogen-bond donors (Lipinski definition) is 0. The maximum Gasteiger partial charge on any atom is 0.417 e. The SMILES string of the molecule is CCC(F)CCO[C]=O. The molecule has 0 spiro atoms. The van der Waals surface area contributed by atoms with Crippen LogP contribution in [0.3, 0.4) is 0 Å². The Morgan fingerprint density at radius 3 is 2.89 bits per heavy atom. The van der Waals surface area contributed by atoms with E-state index in [1.165, 1.54) is 6.47 Å². The molecule has 0 saturated carbocycles. The van der Waals surface area contributed by atoms with Gasteiger partial charge in [0.25, 0.3) is 0 Å². The maximum absolute atomic E-state index is 12.2. The minimum absolute atomic E-state index is 0.137. The Balaban J connectivity index is 2.96. The Morgan fingerprint density at radius 2 is 2.44 bits per heavy atom. The third kappa shape index (κ3) is 5.27. The van der Waals surface area contributed by atoms with Gasteiger partial charge in [0, 0.05) is 6.42 Å². The Bertz CT molecular complexity index is 75.5. The van der Waals surface area contributed by atoms with Crippen molar-refractivity contribution in [1.82, 2.24) is 0 Å². The molecule has 0 bridgehead atoms. The largest absolute Gasteiger partial charge is 0.457 e. The summed E-state index contributed by atoms with van der Waals surface area (Å²) in [6.07, 6.45) is -0.0909. The van der Waals surface area contributed by atoms with Crippen LogP contribution in [0.2, 0.25) is 0 Å². The second-order valence-electron chi connectivity index (χ2n) is 1.73. The van der Waals surface area contributed by atoms with Crippen molar-refractivity contribution in [1.29, 1.82) is 0 Å². The summed E-state index contributed by atoms with van der Waals surface area (Å²) < 4.78 is 16.4. The molecule has 0 aromatic heterocycles. The van der Waals surface area contributed by atoms with Crippen molar-refractivity contribution in [3.8, 4) is 0 Å². The van der Waals surface area contributed by atoms with E-state index in [2.05, 4.69) is 4.74 Å². The van der Waals surface area contributed by atoms with Gasteiger partial charge in [-0.15, -0.1) is 0 Å². The molecular formula is C6H10FO2. The van der Waals surface area contributed by atoms with Crippen molar-refractivity contribution in [2.45, 2.75) is 25.9 Å². The van der Waals surface area contributed by atoms with Crippen molar-refractivity contribution < 1.29 is 13.9 Å². The van der Waals surface area contributed by atoms with E-state index in [0.717, 1.165) is 0 Å². The highest BCUT2D eigenvalue weighted by Crippen LogP contribution is 2.01. The number of rotatable bonds is 5. The summed E-state index contributed by atoms with van der Waals surface area (Å²) >= 11 is 0. The molecule has 0 aliphatic carbocycles. The average molecular weight is 133 g/mol. The van der Waals surface area contributed by atoms with Crippen molar-refractivity contribution in [2.24, 2.45) is 0 Å². The lowest BCUT2D eigenvalue weighted by Gasteiger charge is -2.00. The van der Waals surface area contributed by atoms with Gasteiger partial charge in [0.1, 0.15) is 6.17 Å². The first-order chi connectivity index (χ1) is 4.31. The van der Waals surface area contributed by atoms with E-state index in [-0.39, 0.29) is 13.0 Å². The summed E-state index contributed by atoms with van der Waals surface area (Å²) in [6.45, 7) is 3.11. The number of halogens is 1. The highest BCUT2D eigenvalue weighted by molar-refractivity contribution is 5.37. The Morgan fingerprint density at radius 1 is 1.78 bits per heavy atom. The fourth-order valence-electron chi connectivity index (χ4n) is 0.433. The molecule has 9 heavy (non-hydrogen) atoms. The van der Waals surface area contributed by atoms with E-state index in [1.807, 2.05) is 0 Å². The molecule has 53 valence electrons. The molecule has 0 aliphatic rings. The van der Waals surface area contributed by atoms with Gasteiger partial charge in [-0.2, -0.15) is 0 Å². The highest BCUT2D eigenvalue weighted by Gasteiger charge is 2.01. The minimum Gasteiger partial charge on any atom is -0.457 e. The van der Waals surface area contributed by atoms with E-state index in [4.69, 9.17) is 0 Å². The molecule has 0 aliphatic heterocycles. The summed E-state index contributed by atoms with van der Waals surface area (Å²) in [5.74, 6) is 0. The summed E-state index contributed by atoms with van der Waals surface area (Å²) in [5.41, 5.74) is 0. The Labute approximate surface area is 54.0 Å². The third-order valence-corrected chi connectivity index (χ3v) is 1.04. The molecule has 0 aromatic carbocycles. The summed E-state index contributed by atoms with van der Waals surface area (Å²) in [7, 11) is 0. The first-order valence-corrected chi connectivity index (χ1v) is 2.94. The van der Waals surface area contributed by atoms with Crippen LogP contribution >= 0.6 is 0 Å². The molecule has 1 unspecified atom stereocenters. The van der Waals surface area contributed by atoms with Gasteiger partial charge in [0.05, 0.1) is 6.61 Å². The number of ether oxygens (including phenoxy) is 1. The fourth-order valence-corrected chi connectivity index (χ4v) is 0.433. The van der Waals surface area contributed by atoms with Crippen LogP contribution in [-0.2, 0) is 9.53 Å². The van der Waals surface area contributed by atoms with Crippen molar-refractivity contribution in [2.75, 3.05) is 6.61 Å². The monoisotopic (exact) mass is 133 g/mol. The summed E-state index contributed by atoms with van der Waals surface area (Å²) in [6, 6.07) is 0. The number of carbonyl (C=O) groups excluding carboxylic acids is 1. The highest BCUT2D eigenvalue weighted by atomic mass is 19.1. The third-order valence-electron chi connectivity index (χ3n) is 1.04. The molecule has 2 nitrogen and oxygen atoms in total. The molecule has 0 rings (SSSR count). The Hall–Kier alpha value is -0.600. The van der Waals surface area contributed by atoms with E-state index in [1.54, 1.807) is 6.92 Å². The zero-order valence-corrected chi connectivity index (χ0v) is 5.39. The molecule has 1 atom stereocenters.